The molecule has 1 N–H and O–H groups in total. The Morgan fingerprint density at radius 2 is 2.19 bits per heavy atom. The lowest BCUT2D eigenvalue weighted by Crippen LogP contribution is -2.35. The summed E-state index contributed by atoms with van der Waals surface area (Å²) in [7, 11) is 0. The molecule has 1 atom stereocenters. The van der Waals surface area contributed by atoms with Gasteiger partial charge in [0.2, 0.25) is 0 Å². The first-order chi connectivity index (χ1) is 7.77. The van der Waals surface area contributed by atoms with Gasteiger partial charge < -0.3 is 14.4 Å². The van der Waals surface area contributed by atoms with Crippen LogP contribution in [0.5, 0.6) is 0 Å². The van der Waals surface area contributed by atoms with E-state index in [0.717, 1.165) is 13.1 Å². The summed E-state index contributed by atoms with van der Waals surface area (Å²) >= 11 is 0. The topological polar surface area (TPSA) is 53.7 Å². The van der Waals surface area contributed by atoms with Gasteiger partial charge in [0.1, 0.15) is 11.7 Å². The van der Waals surface area contributed by atoms with Crippen molar-refractivity contribution >= 4 is 5.97 Å². The van der Waals surface area contributed by atoms with Crippen LogP contribution in [0.4, 0.5) is 0 Å². The molecule has 1 aliphatic heterocycles. The molecule has 1 unspecified atom stereocenters. The van der Waals surface area contributed by atoms with Gasteiger partial charge in [0.15, 0.2) is 0 Å². The summed E-state index contributed by atoms with van der Waals surface area (Å²) in [6.45, 7) is 2.57. The third-order valence-electron chi connectivity index (χ3n) is 3.07. The van der Waals surface area contributed by atoms with E-state index < -0.39 is 11.9 Å². The first kappa shape index (κ1) is 11.2. The maximum Gasteiger partial charge on any atom is 0.315 e. The molecule has 16 heavy (non-hydrogen) atoms. The molecule has 0 saturated carbocycles. The van der Waals surface area contributed by atoms with Crippen molar-refractivity contribution in [1.82, 2.24) is 4.90 Å². The molecule has 1 aromatic rings. The van der Waals surface area contributed by atoms with E-state index in [9.17, 15) is 9.90 Å². The molecule has 0 aromatic carbocycles. The molecule has 0 spiro atoms. The van der Waals surface area contributed by atoms with Crippen molar-refractivity contribution in [3.8, 4) is 0 Å². The minimum atomic E-state index is -0.805. The van der Waals surface area contributed by atoms with Gasteiger partial charge in [-0.25, -0.2) is 0 Å². The van der Waals surface area contributed by atoms with Crippen molar-refractivity contribution in [2.45, 2.75) is 25.2 Å². The van der Waals surface area contributed by atoms with Crippen LogP contribution in [0.15, 0.2) is 22.8 Å². The Morgan fingerprint density at radius 3 is 2.75 bits per heavy atom. The Bertz CT molecular complexity index is 328. The number of hydrogen-bond donors (Lipinski definition) is 1. The average molecular weight is 223 g/mol. The van der Waals surface area contributed by atoms with Gasteiger partial charge in [0, 0.05) is 6.54 Å². The van der Waals surface area contributed by atoms with E-state index in [1.54, 1.807) is 12.1 Å². The largest absolute Gasteiger partial charge is 0.481 e. The quantitative estimate of drug-likeness (QED) is 0.847. The predicted molar refractivity (Wildman–Crippen MR) is 59.4 cm³/mol. The molecule has 0 aliphatic carbocycles. The number of carboxylic acids is 1. The highest BCUT2D eigenvalue weighted by molar-refractivity contribution is 5.75. The monoisotopic (exact) mass is 223 g/mol. The van der Waals surface area contributed by atoms with Crippen LogP contribution in [0.3, 0.4) is 0 Å². The van der Waals surface area contributed by atoms with Gasteiger partial charge in [-0.1, -0.05) is 6.42 Å². The number of rotatable bonds is 4. The van der Waals surface area contributed by atoms with Crippen LogP contribution < -0.4 is 0 Å². The van der Waals surface area contributed by atoms with Crippen LogP contribution in [0.25, 0.3) is 0 Å². The number of aliphatic carboxylic acids is 1. The van der Waals surface area contributed by atoms with Crippen LogP contribution in [0.2, 0.25) is 0 Å². The van der Waals surface area contributed by atoms with E-state index in [0.29, 0.717) is 12.3 Å². The molecule has 88 valence electrons. The summed E-state index contributed by atoms with van der Waals surface area (Å²) in [5.41, 5.74) is 0. The van der Waals surface area contributed by atoms with Crippen molar-refractivity contribution < 1.29 is 14.3 Å². The second-order valence-corrected chi connectivity index (χ2v) is 4.27. The van der Waals surface area contributed by atoms with Gasteiger partial charge in [0.25, 0.3) is 0 Å². The Kier molecular flexibility index (Phi) is 3.62. The molecular weight excluding hydrogens is 206 g/mol. The van der Waals surface area contributed by atoms with Gasteiger partial charge in [-0.3, -0.25) is 4.79 Å². The van der Waals surface area contributed by atoms with Crippen molar-refractivity contribution in [3.05, 3.63) is 24.2 Å². The predicted octanol–water partition coefficient (Wildman–Crippen LogP) is 1.93. The lowest BCUT2D eigenvalue weighted by Gasteiger charge is -2.28. The zero-order valence-electron chi connectivity index (χ0n) is 9.26. The molecule has 4 heteroatoms. The second-order valence-electron chi connectivity index (χ2n) is 4.27. The van der Waals surface area contributed by atoms with E-state index in [1.165, 1.54) is 25.5 Å². The molecule has 1 fully saturated rings. The second kappa shape index (κ2) is 5.16. The molecule has 2 heterocycles. The first-order valence-corrected chi connectivity index (χ1v) is 5.76. The number of piperidine rings is 1. The minimum Gasteiger partial charge on any atom is -0.481 e. The van der Waals surface area contributed by atoms with E-state index in [-0.39, 0.29) is 0 Å². The number of hydrogen-bond acceptors (Lipinski definition) is 3. The molecule has 0 bridgehead atoms. The SMILES string of the molecule is O=C(O)C(CN1CCCCC1)c1ccco1. The van der Waals surface area contributed by atoms with E-state index in [1.807, 2.05) is 0 Å². The third-order valence-corrected chi connectivity index (χ3v) is 3.07. The van der Waals surface area contributed by atoms with Gasteiger partial charge >= 0.3 is 5.97 Å². The number of likely N-dealkylation sites (tertiary alicyclic amines) is 1. The van der Waals surface area contributed by atoms with Gasteiger partial charge in [-0.05, 0) is 38.1 Å². The van der Waals surface area contributed by atoms with Crippen LogP contribution >= 0.6 is 0 Å². The molecule has 0 radical (unpaired) electrons. The van der Waals surface area contributed by atoms with E-state index in [2.05, 4.69) is 4.90 Å². The average Bonchev–Trinajstić information content (AvgIpc) is 2.80. The number of nitrogens with zero attached hydrogens (tertiary/aromatic N) is 1. The van der Waals surface area contributed by atoms with Crippen molar-refractivity contribution in [1.29, 1.82) is 0 Å². The zero-order valence-corrected chi connectivity index (χ0v) is 9.26. The fourth-order valence-electron chi connectivity index (χ4n) is 2.18. The maximum atomic E-state index is 11.2. The number of carboxylic acid groups (broad SMARTS) is 1. The molecule has 0 amide bonds. The fourth-order valence-corrected chi connectivity index (χ4v) is 2.18. The van der Waals surface area contributed by atoms with Gasteiger partial charge in [-0.15, -0.1) is 0 Å². The van der Waals surface area contributed by atoms with Gasteiger partial charge in [0.05, 0.1) is 6.26 Å². The zero-order chi connectivity index (χ0) is 11.4. The van der Waals surface area contributed by atoms with Crippen LogP contribution in [0, 0.1) is 0 Å². The molecular formula is C12H17NO3. The highest BCUT2D eigenvalue weighted by atomic mass is 16.4. The standard InChI is InChI=1S/C12H17NO3/c14-12(15)10(11-5-4-8-16-11)9-13-6-2-1-3-7-13/h4-5,8,10H,1-3,6-7,9H2,(H,14,15). The molecule has 1 saturated heterocycles. The molecule has 2 rings (SSSR count). The first-order valence-electron chi connectivity index (χ1n) is 5.76. The van der Waals surface area contributed by atoms with Crippen molar-refractivity contribution in [2.24, 2.45) is 0 Å². The molecule has 1 aromatic heterocycles. The van der Waals surface area contributed by atoms with E-state index in [4.69, 9.17) is 4.42 Å². The molecule has 4 nitrogen and oxygen atoms in total. The number of carbonyl (C=O) groups is 1. The maximum absolute atomic E-state index is 11.2. The van der Waals surface area contributed by atoms with Gasteiger partial charge in [-0.2, -0.15) is 0 Å². The lowest BCUT2D eigenvalue weighted by atomic mass is 10.0. The van der Waals surface area contributed by atoms with Crippen LogP contribution in [-0.4, -0.2) is 35.6 Å². The summed E-state index contributed by atoms with van der Waals surface area (Å²) in [5.74, 6) is -0.785. The third kappa shape index (κ3) is 2.64. The van der Waals surface area contributed by atoms with Crippen molar-refractivity contribution in [2.75, 3.05) is 19.6 Å². The smallest absolute Gasteiger partial charge is 0.315 e. The Morgan fingerprint density at radius 1 is 1.44 bits per heavy atom. The highest BCUT2D eigenvalue weighted by Crippen LogP contribution is 2.20. The fraction of sp³-hybridized carbons (Fsp3) is 0.583. The minimum absolute atomic E-state index is 0.534. The Balaban J connectivity index is 2.00. The Labute approximate surface area is 94.9 Å². The Hall–Kier alpha value is -1.29. The summed E-state index contributed by atoms with van der Waals surface area (Å²) in [5, 5.41) is 9.19. The summed E-state index contributed by atoms with van der Waals surface area (Å²) < 4.78 is 5.19. The number of furan rings is 1. The summed E-state index contributed by atoms with van der Waals surface area (Å²) in [4.78, 5) is 13.4. The lowest BCUT2D eigenvalue weighted by molar-refractivity contribution is -0.139. The van der Waals surface area contributed by atoms with Crippen molar-refractivity contribution in [3.63, 3.8) is 0 Å². The van der Waals surface area contributed by atoms with Crippen LogP contribution in [-0.2, 0) is 4.79 Å². The molecule has 1 aliphatic rings. The normalized spacial score (nSPS) is 19.5. The summed E-state index contributed by atoms with van der Waals surface area (Å²) in [6, 6.07) is 3.48. The highest BCUT2D eigenvalue weighted by Gasteiger charge is 2.25. The van der Waals surface area contributed by atoms with E-state index >= 15 is 0 Å². The van der Waals surface area contributed by atoms with Crippen LogP contribution in [0.1, 0.15) is 30.9 Å². The summed E-state index contributed by atoms with van der Waals surface area (Å²) in [6.07, 6.45) is 5.13.